The van der Waals surface area contributed by atoms with Crippen molar-refractivity contribution >= 4 is 17.7 Å². The number of carboxylic acids is 1. The molecule has 1 N–H and O–H groups in total. The lowest BCUT2D eigenvalue weighted by molar-refractivity contribution is -0.133. The quantitative estimate of drug-likeness (QED) is 0.829. The molecule has 0 atom stereocenters. The van der Waals surface area contributed by atoms with Crippen LogP contribution < -0.4 is 0 Å². The van der Waals surface area contributed by atoms with Crippen LogP contribution in [0.15, 0.2) is 5.16 Å². The topological polar surface area (TPSA) is 68.0 Å². The maximum Gasteiger partial charge on any atom is 0.313 e. The van der Waals surface area contributed by atoms with E-state index in [1.165, 1.54) is 37.4 Å². The van der Waals surface area contributed by atoms with Crippen LogP contribution in [0.4, 0.5) is 0 Å². The smallest absolute Gasteiger partial charge is 0.313 e. The molecule has 5 nitrogen and oxygen atoms in total. The largest absolute Gasteiger partial charge is 0.481 e. The first kappa shape index (κ1) is 12.0. The van der Waals surface area contributed by atoms with Crippen molar-refractivity contribution in [3.63, 3.8) is 0 Å². The number of hydrogen-bond acceptors (Lipinski definition) is 4. The fourth-order valence-electron chi connectivity index (χ4n) is 2.55. The summed E-state index contributed by atoms with van der Waals surface area (Å²) >= 11 is 1.29. The Kier molecular flexibility index (Phi) is 3.05. The second-order valence-electron chi connectivity index (χ2n) is 5.40. The van der Waals surface area contributed by atoms with Crippen LogP contribution in [0, 0.1) is 5.92 Å². The average Bonchev–Trinajstić information content (AvgIpc) is 3.03. The molecule has 3 rings (SSSR count). The van der Waals surface area contributed by atoms with Crippen LogP contribution in [-0.2, 0) is 4.79 Å². The lowest BCUT2D eigenvalue weighted by Gasteiger charge is -2.35. The van der Waals surface area contributed by atoms with E-state index in [-0.39, 0.29) is 5.75 Å². The standard InChI is InChI=1S/C12H17N3O2S/c1-7-4-9(5-7)15-11(8-2-3-8)13-14-12(15)18-6-10(16)17/h7-9H,2-6H2,1H3,(H,16,17). The number of hydrogen-bond donors (Lipinski definition) is 1. The highest BCUT2D eigenvalue weighted by atomic mass is 32.2. The van der Waals surface area contributed by atoms with Crippen molar-refractivity contribution < 1.29 is 9.90 Å². The van der Waals surface area contributed by atoms with Gasteiger partial charge in [0.15, 0.2) is 5.16 Å². The van der Waals surface area contributed by atoms with E-state index in [0.717, 1.165) is 16.9 Å². The molecule has 0 radical (unpaired) electrons. The summed E-state index contributed by atoms with van der Waals surface area (Å²) in [5, 5.41) is 18.0. The number of carboxylic acid groups (broad SMARTS) is 1. The second kappa shape index (κ2) is 4.57. The molecule has 1 heterocycles. The predicted octanol–water partition coefficient (Wildman–Crippen LogP) is 2.30. The van der Waals surface area contributed by atoms with E-state index in [2.05, 4.69) is 21.7 Å². The average molecular weight is 267 g/mol. The summed E-state index contributed by atoms with van der Waals surface area (Å²) in [4.78, 5) is 10.7. The summed E-state index contributed by atoms with van der Waals surface area (Å²) in [6, 6.07) is 0.488. The second-order valence-corrected chi connectivity index (χ2v) is 6.34. The minimum Gasteiger partial charge on any atom is -0.481 e. The summed E-state index contributed by atoms with van der Waals surface area (Å²) in [5.41, 5.74) is 0. The lowest BCUT2D eigenvalue weighted by atomic mass is 9.81. The zero-order chi connectivity index (χ0) is 12.7. The van der Waals surface area contributed by atoms with Crippen molar-refractivity contribution in [2.75, 3.05) is 5.75 Å². The predicted molar refractivity (Wildman–Crippen MR) is 67.8 cm³/mol. The Morgan fingerprint density at radius 1 is 1.44 bits per heavy atom. The van der Waals surface area contributed by atoms with E-state index in [0.29, 0.717) is 12.0 Å². The molecule has 0 aliphatic heterocycles. The van der Waals surface area contributed by atoms with Crippen molar-refractivity contribution in [2.45, 2.75) is 49.7 Å². The molecule has 1 aromatic rings. The third kappa shape index (κ3) is 2.25. The molecule has 1 aromatic heterocycles. The summed E-state index contributed by atoms with van der Waals surface area (Å²) in [6.07, 6.45) is 4.73. The van der Waals surface area contributed by atoms with E-state index >= 15 is 0 Å². The Morgan fingerprint density at radius 2 is 2.17 bits per heavy atom. The molecule has 2 fully saturated rings. The number of rotatable bonds is 5. The van der Waals surface area contributed by atoms with Crippen LogP contribution in [0.3, 0.4) is 0 Å². The molecule has 2 aliphatic rings. The van der Waals surface area contributed by atoms with Crippen LogP contribution in [-0.4, -0.2) is 31.6 Å². The highest BCUT2D eigenvalue weighted by Gasteiger charge is 2.36. The lowest BCUT2D eigenvalue weighted by Crippen LogP contribution is -2.26. The van der Waals surface area contributed by atoms with Crippen molar-refractivity contribution in [2.24, 2.45) is 5.92 Å². The number of thioether (sulfide) groups is 1. The molecular formula is C12H17N3O2S. The Hall–Kier alpha value is -1.04. The first-order valence-corrected chi connectivity index (χ1v) is 7.43. The maximum atomic E-state index is 10.7. The fraction of sp³-hybridized carbons (Fsp3) is 0.750. The summed E-state index contributed by atoms with van der Waals surface area (Å²) in [7, 11) is 0. The molecule has 2 saturated carbocycles. The summed E-state index contributed by atoms with van der Waals surface area (Å²) in [5.74, 6) is 1.67. The van der Waals surface area contributed by atoms with Crippen molar-refractivity contribution in [1.29, 1.82) is 0 Å². The van der Waals surface area contributed by atoms with E-state index in [9.17, 15) is 4.79 Å². The molecule has 0 amide bonds. The highest BCUT2D eigenvalue weighted by molar-refractivity contribution is 7.99. The third-order valence-corrected chi connectivity index (χ3v) is 4.60. The van der Waals surface area contributed by atoms with Gasteiger partial charge in [0, 0.05) is 12.0 Å². The highest BCUT2D eigenvalue weighted by Crippen LogP contribution is 2.45. The van der Waals surface area contributed by atoms with Gasteiger partial charge < -0.3 is 9.67 Å². The Labute approximate surface area is 110 Å². The molecule has 6 heteroatoms. The van der Waals surface area contributed by atoms with E-state index in [1.54, 1.807) is 0 Å². The van der Waals surface area contributed by atoms with E-state index < -0.39 is 5.97 Å². The molecule has 0 bridgehead atoms. The van der Waals surface area contributed by atoms with Gasteiger partial charge in [0.1, 0.15) is 5.82 Å². The van der Waals surface area contributed by atoms with Crippen molar-refractivity contribution in [1.82, 2.24) is 14.8 Å². The van der Waals surface area contributed by atoms with E-state index in [4.69, 9.17) is 5.11 Å². The first-order chi connectivity index (χ1) is 8.65. The Morgan fingerprint density at radius 3 is 2.72 bits per heavy atom. The fourth-order valence-corrected chi connectivity index (χ4v) is 3.28. The van der Waals surface area contributed by atoms with Gasteiger partial charge in [-0.2, -0.15) is 0 Å². The molecule has 98 valence electrons. The monoisotopic (exact) mass is 267 g/mol. The summed E-state index contributed by atoms with van der Waals surface area (Å²) in [6.45, 7) is 2.25. The van der Waals surface area contributed by atoms with Crippen molar-refractivity contribution in [3.05, 3.63) is 5.82 Å². The van der Waals surface area contributed by atoms with Crippen LogP contribution in [0.1, 0.15) is 50.4 Å². The summed E-state index contributed by atoms with van der Waals surface area (Å²) < 4.78 is 2.21. The molecule has 18 heavy (non-hydrogen) atoms. The Bertz CT molecular complexity index is 464. The minimum absolute atomic E-state index is 0.0606. The van der Waals surface area contributed by atoms with Crippen LogP contribution in [0.2, 0.25) is 0 Å². The maximum absolute atomic E-state index is 10.7. The van der Waals surface area contributed by atoms with Gasteiger partial charge in [-0.15, -0.1) is 10.2 Å². The molecule has 0 saturated heterocycles. The van der Waals surface area contributed by atoms with Crippen LogP contribution in [0.5, 0.6) is 0 Å². The van der Waals surface area contributed by atoms with Gasteiger partial charge in [0.05, 0.1) is 5.75 Å². The normalized spacial score (nSPS) is 26.9. The molecular weight excluding hydrogens is 250 g/mol. The zero-order valence-electron chi connectivity index (χ0n) is 10.4. The molecule has 0 aromatic carbocycles. The van der Waals surface area contributed by atoms with Crippen LogP contribution in [0.25, 0.3) is 0 Å². The van der Waals surface area contributed by atoms with Gasteiger partial charge >= 0.3 is 5.97 Å². The molecule has 0 unspecified atom stereocenters. The van der Waals surface area contributed by atoms with Gasteiger partial charge in [-0.25, -0.2) is 0 Å². The van der Waals surface area contributed by atoms with Gasteiger partial charge in [0.2, 0.25) is 0 Å². The van der Waals surface area contributed by atoms with Gasteiger partial charge in [-0.3, -0.25) is 4.79 Å². The van der Waals surface area contributed by atoms with Gasteiger partial charge in [-0.05, 0) is 31.6 Å². The van der Waals surface area contributed by atoms with Gasteiger partial charge in [0.25, 0.3) is 0 Å². The number of aromatic nitrogens is 3. The number of nitrogens with zero attached hydrogens (tertiary/aromatic N) is 3. The third-order valence-electron chi connectivity index (χ3n) is 3.67. The van der Waals surface area contributed by atoms with Gasteiger partial charge in [-0.1, -0.05) is 18.7 Å². The molecule has 0 spiro atoms. The minimum atomic E-state index is -0.801. The molecule has 2 aliphatic carbocycles. The van der Waals surface area contributed by atoms with Crippen molar-refractivity contribution in [3.8, 4) is 0 Å². The zero-order valence-corrected chi connectivity index (χ0v) is 11.2. The number of carbonyl (C=O) groups is 1. The SMILES string of the molecule is CC1CC(n2c(SCC(=O)O)nnc2C2CC2)C1. The van der Waals surface area contributed by atoms with E-state index in [1.807, 2.05) is 0 Å². The first-order valence-electron chi connectivity index (χ1n) is 6.44. The Balaban J connectivity index is 1.81. The van der Waals surface area contributed by atoms with Crippen LogP contribution >= 0.6 is 11.8 Å². The number of aliphatic carboxylic acids is 1.